The Morgan fingerprint density at radius 2 is 2.25 bits per heavy atom. The van der Waals surface area contributed by atoms with Crippen molar-refractivity contribution in [2.75, 3.05) is 6.54 Å². The molecule has 88 valence electrons. The smallest absolute Gasteiger partial charge is 0.269 e. The Hall–Kier alpha value is -1.03. The Balaban J connectivity index is 1.73. The zero-order valence-corrected chi connectivity index (χ0v) is 9.83. The predicted molar refractivity (Wildman–Crippen MR) is 62.5 cm³/mol. The summed E-state index contributed by atoms with van der Waals surface area (Å²) in [6.07, 6.45) is 5.92. The van der Waals surface area contributed by atoms with Crippen LogP contribution in [0.15, 0.2) is 12.3 Å². The molecular weight excluding hydrogens is 226 g/mol. The summed E-state index contributed by atoms with van der Waals surface area (Å²) in [5.74, 6) is 0.493. The highest BCUT2D eigenvalue weighted by atomic mass is 35.5. The van der Waals surface area contributed by atoms with Crippen LogP contribution in [-0.2, 0) is 0 Å². The van der Waals surface area contributed by atoms with E-state index < -0.39 is 0 Å². The first-order valence-electron chi connectivity index (χ1n) is 5.67. The summed E-state index contributed by atoms with van der Waals surface area (Å²) >= 11 is 6.03. The zero-order chi connectivity index (χ0) is 11.4. The van der Waals surface area contributed by atoms with Crippen molar-refractivity contribution in [3.8, 4) is 0 Å². The van der Waals surface area contributed by atoms with Crippen LogP contribution in [0.25, 0.3) is 0 Å². The second-order valence-corrected chi connectivity index (χ2v) is 4.92. The molecular formula is C11H16ClN3O. The molecule has 1 aromatic rings. The first-order chi connectivity index (χ1) is 7.75. The molecule has 2 rings (SSSR count). The van der Waals surface area contributed by atoms with E-state index in [-0.39, 0.29) is 5.91 Å². The Morgan fingerprint density at radius 3 is 2.88 bits per heavy atom. The average molecular weight is 242 g/mol. The van der Waals surface area contributed by atoms with Gasteiger partial charge in [0.25, 0.3) is 5.91 Å². The van der Waals surface area contributed by atoms with Crippen LogP contribution in [0.1, 0.15) is 36.2 Å². The fourth-order valence-corrected chi connectivity index (χ4v) is 2.29. The van der Waals surface area contributed by atoms with Gasteiger partial charge in [0, 0.05) is 18.1 Å². The summed E-state index contributed by atoms with van der Waals surface area (Å²) in [5.41, 5.74) is 0.519. The van der Waals surface area contributed by atoms with Gasteiger partial charge in [0.05, 0.1) is 0 Å². The number of aromatic amines is 1. The van der Waals surface area contributed by atoms with Crippen LogP contribution in [0.3, 0.4) is 0 Å². The van der Waals surface area contributed by atoms with Crippen LogP contribution in [0.2, 0.25) is 0 Å². The van der Waals surface area contributed by atoms with E-state index >= 15 is 0 Å². The number of alkyl halides is 1. The maximum Gasteiger partial charge on any atom is 0.269 e. The third-order valence-corrected chi connectivity index (χ3v) is 3.51. The van der Waals surface area contributed by atoms with Crippen molar-refractivity contribution >= 4 is 17.5 Å². The highest BCUT2D eigenvalue weighted by molar-refractivity contribution is 6.20. The summed E-state index contributed by atoms with van der Waals surface area (Å²) in [5, 5.41) is 9.64. The van der Waals surface area contributed by atoms with Crippen LogP contribution < -0.4 is 5.32 Å². The van der Waals surface area contributed by atoms with Crippen molar-refractivity contribution in [2.24, 2.45) is 5.92 Å². The quantitative estimate of drug-likeness (QED) is 0.795. The number of nitrogens with zero attached hydrogens (tertiary/aromatic N) is 1. The third-order valence-electron chi connectivity index (χ3n) is 3.07. The number of aromatic nitrogens is 2. The van der Waals surface area contributed by atoms with E-state index in [9.17, 15) is 4.79 Å². The van der Waals surface area contributed by atoms with E-state index in [0.29, 0.717) is 17.0 Å². The number of hydrogen-bond donors (Lipinski definition) is 2. The van der Waals surface area contributed by atoms with Gasteiger partial charge in [0.15, 0.2) is 0 Å². The number of carbonyl (C=O) groups is 1. The number of H-pyrrole nitrogens is 1. The summed E-state index contributed by atoms with van der Waals surface area (Å²) in [4.78, 5) is 11.6. The van der Waals surface area contributed by atoms with E-state index in [1.165, 1.54) is 0 Å². The monoisotopic (exact) mass is 241 g/mol. The number of nitrogens with one attached hydrogen (secondary N) is 2. The van der Waals surface area contributed by atoms with Gasteiger partial charge < -0.3 is 5.32 Å². The van der Waals surface area contributed by atoms with Gasteiger partial charge >= 0.3 is 0 Å². The second-order valence-electron chi connectivity index (χ2n) is 4.30. The minimum Gasteiger partial charge on any atom is -0.350 e. The van der Waals surface area contributed by atoms with Crippen molar-refractivity contribution in [2.45, 2.75) is 31.1 Å². The van der Waals surface area contributed by atoms with Crippen molar-refractivity contribution in [3.63, 3.8) is 0 Å². The fourth-order valence-electron chi connectivity index (χ4n) is 2.04. The van der Waals surface area contributed by atoms with E-state index in [1.54, 1.807) is 12.3 Å². The minimum atomic E-state index is -0.0782. The van der Waals surface area contributed by atoms with Gasteiger partial charge in [-0.15, -0.1) is 11.6 Å². The van der Waals surface area contributed by atoms with Crippen LogP contribution in [0.5, 0.6) is 0 Å². The highest BCUT2D eigenvalue weighted by Gasteiger charge is 2.20. The molecule has 0 spiro atoms. The van der Waals surface area contributed by atoms with Gasteiger partial charge in [0.1, 0.15) is 5.69 Å². The van der Waals surface area contributed by atoms with E-state index in [0.717, 1.165) is 32.2 Å². The fraction of sp³-hybridized carbons (Fsp3) is 0.636. The highest BCUT2D eigenvalue weighted by Crippen LogP contribution is 2.26. The van der Waals surface area contributed by atoms with E-state index in [2.05, 4.69) is 15.5 Å². The van der Waals surface area contributed by atoms with Crippen LogP contribution in [0, 0.1) is 5.92 Å². The molecule has 0 unspecified atom stereocenters. The van der Waals surface area contributed by atoms with Gasteiger partial charge in [0.2, 0.25) is 0 Å². The molecule has 2 N–H and O–H groups in total. The lowest BCUT2D eigenvalue weighted by atomic mass is 9.89. The molecule has 0 saturated heterocycles. The maximum atomic E-state index is 11.6. The molecule has 1 aromatic heterocycles. The van der Waals surface area contributed by atoms with Gasteiger partial charge in [-0.2, -0.15) is 5.10 Å². The number of rotatable bonds is 3. The topological polar surface area (TPSA) is 57.8 Å². The molecule has 1 saturated carbocycles. The lowest BCUT2D eigenvalue weighted by Crippen LogP contribution is -2.31. The summed E-state index contributed by atoms with van der Waals surface area (Å²) in [6, 6.07) is 1.67. The Labute approximate surface area is 99.8 Å². The molecule has 5 heteroatoms. The molecule has 1 fully saturated rings. The number of hydrogen-bond acceptors (Lipinski definition) is 2. The first kappa shape index (κ1) is 11.5. The van der Waals surface area contributed by atoms with Crippen molar-refractivity contribution in [1.29, 1.82) is 0 Å². The second kappa shape index (κ2) is 5.34. The standard InChI is InChI=1S/C11H16ClN3O/c12-9-3-1-8(2-4-9)7-13-11(16)10-5-6-14-15-10/h5-6,8-9H,1-4,7H2,(H,13,16)(H,14,15). The largest absolute Gasteiger partial charge is 0.350 e. The SMILES string of the molecule is O=C(NCC1CCC(Cl)CC1)c1ccn[nH]1. The lowest BCUT2D eigenvalue weighted by Gasteiger charge is -2.24. The molecule has 4 nitrogen and oxygen atoms in total. The molecule has 1 aliphatic rings. The van der Waals surface area contributed by atoms with Crippen molar-refractivity contribution in [1.82, 2.24) is 15.5 Å². The van der Waals surface area contributed by atoms with Crippen LogP contribution in [0.4, 0.5) is 0 Å². The molecule has 0 bridgehead atoms. The van der Waals surface area contributed by atoms with E-state index in [4.69, 9.17) is 11.6 Å². The van der Waals surface area contributed by atoms with Crippen LogP contribution >= 0.6 is 11.6 Å². The third kappa shape index (κ3) is 2.98. The van der Waals surface area contributed by atoms with Gasteiger partial charge in [-0.05, 0) is 37.7 Å². The normalized spacial score (nSPS) is 25.3. The maximum absolute atomic E-state index is 11.6. The van der Waals surface area contributed by atoms with Gasteiger partial charge in [-0.3, -0.25) is 9.89 Å². The van der Waals surface area contributed by atoms with Crippen LogP contribution in [-0.4, -0.2) is 28.0 Å². The van der Waals surface area contributed by atoms with Crippen molar-refractivity contribution < 1.29 is 4.79 Å². The summed E-state index contributed by atoms with van der Waals surface area (Å²) < 4.78 is 0. The van der Waals surface area contributed by atoms with Crippen molar-refractivity contribution in [3.05, 3.63) is 18.0 Å². The zero-order valence-electron chi connectivity index (χ0n) is 9.08. The average Bonchev–Trinajstić information content (AvgIpc) is 2.81. The number of carbonyl (C=O) groups excluding carboxylic acids is 1. The summed E-state index contributed by atoms with van der Waals surface area (Å²) in [7, 11) is 0. The lowest BCUT2D eigenvalue weighted by molar-refractivity contribution is 0.0938. The molecule has 16 heavy (non-hydrogen) atoms. The molecule has 0 atom stereocenters. The van der Waals surface area contributed by atoms with Gasteiger partial charge in [-0.1, -0.05) is 0 Å². The molecule has 1 heterocycles. The molecule has 1 aliphatic carbocycles. The van der Waals surface area contributed by atoms with E-state index in [1.807, 2.05) is 0 Å². The number of amides is 1. The Kier molecular flexibility index (Phi) is 3.83. The number of halogens is 1. The molecule has 0 aromatic carbocycles. The molecule has 0 radical (unpaired) electrons. The minimum absolute atomic E-state index is 0.0782. The summed E-state index contributed by atoms with van der Waals surface area (Å²) in [6.45, 7) is 0.738. The Morgan fingerprint density at radius 1 is 1.50 bits per heavy atom. The molecule has 1 amide bonds. The first-order valence-corrected chi connectivity index (χ1v) is 6.11. The predicted octanol–water partition coefficient (Wildman–Crippen LogP) is 1.94. The van der Waals surface area contributed by atoms with Gasteiger partial charge in [-0.25, -0.2) is 0 Å². The molecule has 0 aliphatic heterocycles. The Bertz CT molecular complexity index is 331.